The molecule has 0 unspecified atom stereocenters. The zero-order valence-electron chi connectivity index (χ0n) is 14.0. The molecule has 2 aromatic carbocycles. The van der Waals surface area contributed by atoms with E-state index >= 15 is 0 Å². The number of fused-ring (bicyclic) bond motifs is 1. The Morgan fingerprint density at radius 3 is 2.77 bits per heavy atom. The van der Waals surface area contributed by atoms with E-state index < -0.39 is 0 Å². The number of hydrogen-bond acceptors (Lipinski definition) is 3. The molecule has 130 valence electrons. The fraction of sp³-hybridized carbons (Fsp3) is 0.150. The van der Waals surface area contributed by atoms with Crippen LogP contribution in [0.1, 0.15) is 11.3 Å². The largest absolute Gasteiger partial charge is 0.322 e. The molecule has 26 heavy (non-hydrogen) atoms. The predicted molar refractivity (Wildman–Crippen MR) is 102 cm³/mol. The standard InChI is InChI=1S/C20H17ClN4O/c21-16-7-4-8-17(11-16)23-20(26)25-10-9-18-15(13-25)12-22-19(24-18)14-5-2-1-3-6-14/h1-8,11-12H,9-10,13H2,(H,23,26). The number of rotatable bonds is 2. The summed E-state index contributed by atoms with van der Waals surface area (Å²) in [6, 6.07) is 16.9. The number of aromatic nitrogens is 2. The third kappa shape index (κ3) is 3.53. The highest BCUT2D eigenvalue weighted by Crippen LogP contribution is 2.22. The summed E-state index contributed by atoms with van der Waals surface area (Å²) in [6.07, 6.45) is 2.53. The maximum absolute atomic E-state index is 12.5. The molecule has 1 aliphatic rings. The minimum Gasteiger partial charge on any atom is -0.320 e. The Kier molecular flexibility index (Phi) is 4.54. The van der Waals surface area contributed by atoms with E-state index in [4.69, 9.17) is 11.6 Å². The number of carbonyl (C=O) groups excluding carboxylic acids is 1. The highest BCUT2D eigenvalue weighted by Gasteiger charge is 2.22. The minimum absolute atomic E-state index is 0.148. The summed E-state index contributed by atoms with van der Waals surface area (Å²) in [5, 5.41) is 3.47. The van der Waals surface area contributed by atoms with Gasteiger partial charge in [-0.1, -0.05) is 48.0 Å². The molecule has 5 nitrogen and oxygen atoms in total. The maximum Gasteiger partial charge on any atom is 0.322 e. The van der Waals surface area contributed by atoms with Crippen molar-refractivity contribution in [3.05, 3.63) is 77.1 Å². The summed E-state index contributed by atoms with van der Waals surface area (Å²) >= 11 is 5.96. The van der Waals surface area contributed by atoms with Crippen LogP contribution >= 0.6 is 11.6 Å². The lowest BCUT2D eigenvalue weighted by Crippen LogP contribution is -2.39. The van der Waals surface area contributed by atoms with Crippen molar-refractivity contribution >= 4 is 23.3 Å². The van der Waals surface area contributed by atoms with Gasteiger partial charge in [0.1, 0.15) is 0 Å². The summed E-state index contributed by atoms with van der Waals surface area (Å²) < 4.78 is 0. The lowest BCUT2D eigenvalue weighted by molar-refractivity contribution is 0.206. The normalized spacial score (nSPS) is 13.2. The van der Waals surface area contributed by atoms with Gasteiger partial charge >= 0.3 is 6.03 Å². The van der Waals surface area contributed by atoms with Crippen LogP contribution in [0.25, 0.3) is 11.4 Å². The topological polar surface area (TPSA) is 58.1 Å². The Hall–Kier alpha value is -2.92. The number of urea groups is 1. The minimum atomic E-state index is -0.148. The van der Waals surface area contributed by atoms with E-state index in [1.807, 2.05) is 48.7 Å². The Balaban J connectivity index is 1.48. The highest BCUT2D eigenvalue weighted by molar-refractivity contribution is 6.30. The number of halogens is 1. The van der Waals surface area contributed by atoms with Gasteiger partial charge in [0.05, 0.1) is 12.2 Å². The summed E-state index contributed by atoms with van der Waals surface area (Å²) in [4.78, 5) is 23.4. The molecule has 2 amide bonds. The molecule has 0 saturated heterocycles. The third-order valence-electron chi connectivity index (χ3n) is 4.33. The number of carbonyl (C=O) groups is 1. The van der Waals surface area contributed by atoms with E-state index in [1.165, 1.54) is 0 Å². The second kappa shape index (κ2) is 7.14. The summed E-state index contributed by atoms with van der Waals surface area (Å²) in [5.41, 5.74) is 3.67. The number of nitrogens with zero attached hydrogens (tertiary/aromatic N) is 3. The molecular formula is C20H17ClN4O. The third-order valence-corrected chi connectivity index (χ3v) is 4.56. The summed E-state index contributed by atoms with van der Waals surface area (Å²) in [6.45, 7) is 1.11. The fourth-order valence-corrected chi connectivity index (χ4v) is 3.17. The molecule has 0 atom stereocenters. The smallest absolute Gasteiger partial charge is 0.320 e. The first kappa shape index (κ1) is 16.5. The Labute approximate surface area is 156 Å². The van der Waals surface area contributed by atoms with Crippen LogP contribution < -0.4 is 5.32 Å². The molecule has 0 fully saturated rings. The van der Waals surface area contributed by atoms with Crippen molar-refractivity contribution in [2.45, 2.75) is 13.0 Å². The van der Waals surface area contributed by atoms with Crippen molar-refractivity contribution < 1.29 is 4.79 Å². The van der Waals surface area contributed by atoms with Crippen LogP contribution in [0.15, 0.2) is 60.8 Å². The first-order chi connectivity index (χ1) is 12.7. The van der Waals surface area contributed by atoms with E-state index in [2.05, 4.69) is 15.3 Å². The molecule has 1 aliphatic heterocycles. The second-order valence-electron chi connectivity index (χ2n) is 6.14. The van der Waals surface area contributed by atoms with Gasteiger partial charge in [-0.3, -0.25) is 0 Å². The molecule has 0 radical (unpaired) electrons. The Morgan fingerprint density at radius 2 is 1.96 bits per heavy atom. The first-order valence-corrected chi connectivity index (χ1v) is 8.78. The van der Waals surface area contributed by atoms with Crippen LogP contribution in [-0.2, 0) is 13.0 Å². The Bertz CT molecular complexity index is 946. The first-order valence-electron chi connectivity index (χ1n) is 8.41. The van der Waals surface area contributed by atoms with Crippen LogP contribution in [0.2, 0.25) is 5.02 Å². The Morgan fingerprint density at radius 1 is 1.12 bits per heavy atom. The van der Waals surface area contributed by atoms with E-state index in [9.17, 15) is 4.79 Å². The molecule has 0 aliphatic carbocycles. The highest BCUT2D eigenvalue weighted by atomic mass is 35.5. The summed E-state index contributed by atoms with van der Waals surface area (Å²) in [7, 11) is 0. The molecule has 3 aromatic rings. The van der Waals surface area contributed by atoms with Crippen molar-refractivity contribution in [3.63, 3.8) is 0 Å². The van der Waals surface area contributed by atoms with Gasteiger partial charge in [-0.25, -0.2) is 14.8 Å². The number of anilines is 1. The van der Waals surface area contributed by atoms with Crippen LogP contribution in [0.4, 0.5) is 10.5 Å². The number of hydrogen-bond donors (Lipinski definition) is 1. The van der Waals surface area contributed by atoms with Gasteiger partial charge in [0.15, 0.2) is 5.82 Å². The van der Waals surface area contributed by atoms with Gasteiger partial charge in [-0.15, -0.1) is 0 Å². The van der Waals surface area contributed by atoms with Gasteiger partial charge in [-0.05, 0) is 18.2 Å². The molecular weight excluding hydrogens is 348 g/mol. The van der Waals surface area contributed by atoms with E-state index in [0.29, 0.717) is 30.2 Å². The van der Waals surface area contributed by atoms with E-state index in [1.54, 1.807) is 17.0 Å². The van der Waals surface area contributed by atoms with Crippen molar-refractivity contribution in [2.75, 3.05) is 11.9 Å². The van der Waals surface area contributed by atoms with Crippen LogP contribution in [0.3, 0.4) is 0 Å². The van der Waals surface area contributed by atoms with Crippen molar-refractivity contribution in [3.8, 4) is 11.4 Å². The zero-order valence-corrected chi connectivity index (χ0v) is 14.8. The average molecular weight is 365 g/mol. The second-order valence-corrected chi connectivity index (χ2v) is 6.58. The summed E-state index contributed by atoms with van der Waals surface area (Å²) in [5.74, 6) is 0.723. The lowest BCUT2D eigenvalue weighted by atomic mass is 10.1. The van der Waals surface area contributed by atoms with Gasteiger partial charge in [0, 0.05) is 41.0 Å². The lowest BCUT2D eigenvalue weighted by Gasteiger charge is -2.28. The molecule has 2 heterocycles. The molecule has 4 rings (SSSR count). The van der Waals surface area contributed by atoms with Gasteiger partial charge in [-0.2, -0.15) is 0 Å². The molecule has 0 saturated carbocycles. The molecule has 0 spiro atoms. The zero-order chi connectivity index (χ0) is 17.9. The maximum atomic E-state index is 12.5. The van der Waals surface area contributed by atoms with Crippen LogP contribution in [0.5, 0.6) is 0 Å². The number of nitrogens with one attached hydrogen (secondary N) is 1. The molecule has 0 bridgehead atoms. The van der Waals surface area contributed by atoms with E-state index in [-0.39, 0.29) is 6.03 Å². The average Bonchev–Trinajstić information content (AvgIpc) is 2.68. The molecule has 1 N–H and O–H groups in total. The van der Waals surface area contributed by atoms with Crippen LogP contribution in [-0.4, -0.2) is 27.4 Å². The van der Waals surface area contributed by atoms with Crippen molar-refractivity contribution in [1.29, 1.82) is 0 Å². The van der Waals surface area contributed by atoms with Crippen LogP contribution in [0, 0.1) is 0 Å². The number of benzene rings is 2. The van der Waals surface area contributed by atoms with Gasteiger partial charge in [0.25, 0.3) is 0 Å². The fourth-order valence-electron chi connectivity index (χ4n) is 2.98. The number of amides is 2. The SMILES string of the molecule is O=C(Nc1cccc(Cl)c1)N1CCc2nc(-c3ccccc3)ncc2C1. The van der Waals surface area contributed by atoms with Gasteiger partial charge < -0.3 is 10.2 Å². The van der Waals surface area contributed by atoms with Crippen molar-refractivity contribution in [2.24, 2.45) is 0 Å². The quantitative estimate of drug-likeness (QED) is 0.733. The molecule has 1 aromatic heterocycles. The van der Waals surface area contributed by atoms with E-state index in [0.717, 1.165) is 22.6 Å². The molecule has 6 heteroatoms. The van der Waals surface area contributed by atoms with Crippen molar-refractivity contribution in [1.82, 2.24) is 14.9 Å². The predicted octanol–water partition coefficient (Wildman–Crippen LogP) is 4.39. The monoisotopic (exact) mass is 364 g/mol. The van der Waals surface area contributed by atoms with Gasteiger partial charge in [0.2, 0.25) is 0 Å².